The lowest BCUT2D eigenvalue weighted by atomic mass is 10.2. The highest BCUT2D eigenvalue weighted by Gasteiger charge is 2.30. The summed E-state index contributed by atoms with van der Waals surface area (Å²) < 4.78 is 0. The molecule has 0 fully saturated rings. The normalized spacial score (nSPS) is 15.5. The molecule has 1 aliphatic rings. The van der Waals surface area contributed by atoms with E-state index in [4.69, 9.17) is 0 Å². The molecule has 0 bridgehead atoms. The molecule has 0 saturated carbocycles. The number of rotatable bonds is 5. The van der Waals surface area contributed by atoms with Crippen LogP contribution in [0, 0.1) is 0 Å². The van der Waals surface area contributed by atoms with Gasteiger partial charge in [0.2, 0.25) is 0 Å². The van der Waals surface area contributed by atoms with Gasteiger partial charge in [-0.25, -0.2) is 4.99 Å². The lowest BCUT2D eigenvalue weighted by Gasteiger charge is -2.18. The predicted octanol–water partition coefficient (Wildman–Crippen LogP) is 4.62. The van der Waals surface area contributed by atoms with E-state index in [1.807, 2.05) is 72.8 Å². The Morgan fingerprint density at radius 2 is 1.65 bits per heavy atom. The van der Waals surface area contributed by atoms with Gasteiger partial charge in [-0.2, -0.15) is 0 Å². The fraction of sp³-hybridized carbons (Fsp3) is 0.0909. The molecular formula is C22H18N2OS. The van der Waals surface area contributed by atoms with E-state index in [1.54, 1.807) is 16.2 Å². The molecule has 3 nitrogen and oxygen atoms in total. The third kappa shape index (κ3) is 3.51. The van der Waals surface area contributed by atoms with Gasteiger partial charge < -0.3 is 0 Å². The number of hydrogen-bond donors (Lipinski definition) is 0. The largest absolute Gasteiger partial charge is 0.290 e. The summed E-state index contributed by atoms with van der Waals surface area (Å²) in [5.74, 6) is 0.693. The van der Waals surface area contributed by atoms with Crippen LogP contribution < -0.4 is 0 Å². The minimum atomic E-state index is -0.0377. The van der Waals surface area contributed by atoms with Crippen molar-refractivity contribution in [3.05, 3.63) is 99.9 Å². The lowest BCUT2D eigenvalue weighted by molar-refractivity contribution is -0.122. The molecule has 128 valence electrons. The number of aliphatic imine (C=N–C) groups is 1. The summed E-state index contributed by atoms with van der Waals surface area (Å²) in [5.41, 5.74) is 2.43. The van der Waals surface area contributed by atoms with Gasteiger partial charge in [-0.05, 0) is 29.5 Å². The van der Waals surface area contributed by atoms with Crippen LogP contribution in [0.2, 0.25) is 0 Å². The number of benzene rings is 2. The van der Waals surface area contributed by atoms with E-state index in [0.29, 0.717) is 12.2 Å². The highest BCUT2D eigenvalue weighted by atomic mass is 32.1. The van der Waals surface area contributed by atoms with Crippen molar-refractivity contribution < 1.29 is 4.79 Å². The number of thiophene rings is 1. The topological polar surface area (TPSA) is 32.7 Å². The fourth-order valence-electron chi connectivity index (χ4n) is 2.95. The first-order valence-electron chi connectivity index (χ1n) is 8.56. The Labute approximate surface area is 156 Å². The number of carbonyl (C=O) groups is 1. The zero-order chi connectivity index (χ0) is 17.8. The second kappa shape index (κ2) is 7.50. The molecule has 0 spiro atoms. The number of amides is 1. The summed E-state index contributed by atoms with van der Waals surface area (Å²) in [4.78, 5) is 20.7. The van der Waals surface area contributed by atoms with Crippen LogP contribution in [0.4, 0.5) is 0 Å². The van der Waals surface area contributed by atoms with Crippen LogP contribution in [0.5, 0.6) is 0 Å². The fourth-order valence-corrected chi connectivity index (χ4v) is 3.65. The van der Waals surface area contributed by atoms with Gasteiger partial charge in [0.25, 0.3) is 5.91 Å². The maximum absolute atomic E-state index is 13.0. The zero-order valence-electron chi connectivity index (χ0n) is 14.2. The minimum Gasteiger partial charge on any atom is -0.290 e. The second-order valence-corrected chi connectivity index (χ2v) is 7.06. The van der Waals surface area contributed by atoms with Gasteiger partial charge in [0, 0.05) is 17.0 Å². The van der Waals surface area contributed by atoms with Crippen LogP contribution in [0.15, 0.2) is 88.9 Å². The predicted molar refractivity (Wildman–Crippen MR) is 107 cm³/mol. The molecule has 4 heteroatoms. The van der Waals surface area contributed by atoms with Crippen molar-refractivity contribution in [1.82, 2.24) is 4.90 Å². The lowest BCUT2D eigenvalue weighted by Crippen LogP contribution is -2.34. The van der Waals surface area contributed by atoms with Gasteiger partial charge in [-0.3, -0.25) is 9.69 Å². The van der Waals surface area contributed by atoms with Gasteiger partial charge >= 0.3 is 0 Å². The third-order valence-corrected chi connectivity index (χ3v) is 5.18. The Bertz CT molecular complexity index is 944. The molecule has 2 aromatic carbocycles. The molecule has 0 unspecified atom stereocenters. The zero-order valence-corrected chi connectivity index (χ0v) is 15.0. The molecule has 1 aromatic heterocycles. The minimum absolute atomic E-state index is 0.0377. The molecule has 2 heterocycles. The first-order valence-corrected chi connectivity index (χ1v) is 9.44. The van der Waals surface area contributed by atoms with Crippen molar-refractivity contribution in [3.63, 3.8) is 0 Å². The number of amidine groups is 1. The van der Waals surface area contributed by atoms with E-state index in [-0.39, 0.29) is 5.91 Å². The van der Waals surface area contributed by atoms with Crippen LogP contribution in [0.25, 0.3) is 6.08 Å². The van der Waals surface area contributed by atoms with E-state index in [0.717, 1.165) is 23.4 Å². The van der Waals surface area contributed by atoms with Crippen molar-refractivity contribution >= 4 is 29.2 Å². The molecule has 0 saturated heterocycles. The molecule has 0 atom stereocenters. The smallest absolute Gasteiger partial charge is 0.278 e. The van der Waals surface area contributed by atoms with E-state index < -0.39 is 0 Å². The van der Waals surface area contributed by atoms with Crippen molar-refractivity contribution in [1.29, 1.82) is 0 Å². The van der Waals surface area contributed by atoms with Crippen LogP contribution in [-0.2, 0) is 11.2 Å². The summed E-state index contributed by atoms with van der Waals surface area (Å²) in [6.45, 7) is 0.624. The Balaban J connectivity index is 1.66. The standard InChI is InChI=1S/C22H18N2OS/c25-22-20(16-17-8-3-1-4-9-17)23-21(18-10-5-2-6-11-18)24(22)14-13-19-12-7-15-26-19/h1-12,15-16H,13-14H2/b20-16+. The van der Waals surface area contributed by atoms with E-state index in [9.17, 15) is 4.79 Å². The first-order chi connectivity index (χ1) is 12.8. The summed E-state index contributed by atoms with van der Waals surface area (Å²) in [7, 11) is 0. The van der Waals surface area contributed by atoms with Crippen molar-refractivity contribution in [2.24, 2.45) is 4.99 Å². The highest BCUT2D eigenvalue weighted by Crippen LogP contribution is 2.23. The van der Waals surface area contributed by atoms with E-state index in [2.05, 4.69) is 16.4 Å². The maximum atomic E-state index is 13.0. The van der Waals surface area contributed by atoms with Gasteiger partial charge in [-0.15, -0.1) is 11.3 Å². The van der Waals surface area contributed by atoms with Crippen molar-refractivity contribution in [2.75, 3.05) is 6.54 Å². The molecule has 0 aliphatic carbocycles. The SMILES string of the molecule is O=C1/C(=C\c2ccccc2)N=C(c2ccccc2)N1CCc1cccs1. The summed E-state index contributed by atoms with van der Waals surface area (Å²) in [6.07, 6.45) is 2.68. The van der Waals surface area contributed by atoms with E-state index >= 15 is 0 Å². The van der Waals surface area contributed by atoms with Gasteiger partial charge in [0.1, 0.15) is 11.5 Å². The Morgan fingerprint density at radius 3 is 2.35 bits per heavy atom. The van der Waals surface area contributed by atoms with Crippen LogP contribution in [0.1, 0.15) is 16.0 Å². The number of nitrogens with zero attached hydrogens (tertiary/aromatic N) is 2. The van der Waals surface area contributed by atoms with E-state index in [1.165, 1.54) is 4.88 Å². The summed E-state index contributed by atoms with van der Waals surface area (Å²) in [5, 5.41) is 2.06. The quantitative estimate of drug-likeness (QED) is 0.613. The second-order valence-electron chi connectivity index (χ2n) is 6.03. The van der Waals surface area contributed by atoms with Crippen LogP contribution >= 0.6 is 11.3 Å². The Hall–Kier alpha value is -2.98. The van der Waals surface area contributed by atoms with Gasteiger partial charge in [0.05, 0.1) is 0 Å². The number of hydrogen-bond acceptors (Lipinski definition) is 3. The van der Waals surface area contributed by atoms with Gasteiger partial charge in [-0.1, -0.05) is 66.7 Å². The van der Waals surface area contributed by atoms with Crippen LogP contribution in [0.3, 0.4) is 0 Å². The molecule has 1 amide bonds. The highest BCUT2D eigenvalue weighted by molar-refractivity contribution is 7.09. The molecule has 1 aliphatic heterocycles. The Morgan fingerprint density at radius 1 is 0.923 bits per heavy atom. The summed E-state index contributed by atoms with van der Waals surface area (Å²) in [6, 6.07) is 23.9. The average molecular weight is 358 g/mol. The van der Waals surface area contributed by atoms with Crippen LogP contribution in [-0.4, -0.2) is 23.2 Å². The molecule has 0 radical (unpaired) electrons. The molecule has 3 aromatic rings. The molecule has 0 N–H and O–H groups in total. The molecular weight excluding hydrogens is 340 g/mol. The first kappa shape index (κ1) is 16.5. The van der Waals surface area contributed by atoms with Crippen molar-refractivity contribution in [2.45, 2.75) is 6.42 Å². The number of carbonyl (C=O) groups excluding carboxylic acids is 1. The monoisotopic (exact) mass is 358 g/mol. The molecule has 4 rings (SSSR count). The molecule has 26 heavy (non-hydrogen) atoms. The van der Waals surface area contributed by atoms with Gasteiger partial charge in [0.15, 0.2) is 0 Å². The Kier molecular flexibility index (Phi) is 4.75. The average Bonchev–Trinajstić information content (AvgIpc) is 3.31. The van der Waals surface area contributed by atoms with Crippen molar-refractivity contribution in [3.8, 4) is 0 Å². The maximum Gasteiger partial charge on any atom is 0.278 e. The summed E-state index contributed by atoms with van der Waals surface area (Å²) >= 11 is 1.72. The third-order valence-electron chi connectivity index (χ3n) is 4.24.